The Morgan fingerprint density at radius 3 is 2.90 bits per heavy atom. The van der Waals surface area contributed by atoms with Gasteiger partial charge in [-0.1, -0.05) is 19.4 Å². The van der Waals surface area contributed by atoms with E-state index in [-0.39, 0.29) is 0 Å². The number of hydrogen-bond acceptors (Lipinski definition) is 4. The van der Waals surface area contributed by atoms with Crippen LogP contribution in [-0.2, 0) is 0 Å². The van der Waals surface area contributed by atoms with Crippen LogP contribution in [0.2, 0.25) is 0 Å². The SMILES string of the molecule is CCCOc1cccc(NCC2CCCC2CO)c1N. The van der Waals surface area contributed by atoms with E-state index in [0.717, 1.165) is 30.8 Å². The smallest absolute Gasteiger partial charge is 0.144 e. The highest BCUT2D eigenvalue weighted by molar-refractivity contribution is 5.72. The zero-order chi connectivity index (χ0) is 14.4. The van der Waals surface area contributed by atoms with Gasteiger partial charge in [0.1, 0.15) is 5.75 Å². The lowest BCUT2D eigenvalue weighted by Crippen LogP contribution is -2.21. The normalized spacial score (nSPS) is 21.9. The molecule has 20 heavy (non-hydrogen) atoms. The van der Waals surface area contributed by atoms with Gasteiger partial charge in [0.25, 0.3) is 0 Å². The van der Waals surface area contributed by atoms with Crippen molar-refractivity contribution < 1.29 is 9.84 Å². The minimum Gasteiger partial charge on any atom is -0.491 e. The number of benzene rings is 1. The fraction of sp³-hybridized carbons (Fsp3) is 0.625. The predicted molar refractivity (Wildman–Crippen MR) is 83.0 cm³/mol. The summed E-state index contributed by atoms with van der Waals surface area (Å²) in [6.45, 7) is 3.92. The summed E-state index contributed by atoms with van der Waals surface area (Å²) in [6.07, 6.45) is 4.51. The van der Waals surface area contributed by atoms with E-state index in [1.807, 2.05) is 18.2 Å². The van der Waals surface area contributed by atoms with Crippen LogP contribution in [0.1, 0.15) is 32.6 Å². The van der Waals surface area contributed by atoms with Crippen LogP contribution in [-0.4, -0.2) is 24.9 Å². The molecule has 1 aromatic rings. The maximum atomic E-state index is 9.36. The zero-order valence-corrected chi connectivity index (χ0v) is 12.3. The van der Waals surface area contributed by atoms with Crippen molar-refractivity contribution in [3.63, 3.8) is 0 Å². The van der Waals surface area contributed by atoms with E-state index in [1.165, 1.54) is 12.8 Å². The van der Waals surface area contributed by atoms with E-state index in [2.05, 4.69) is 12.2 Å². The molecule has 4 heteroatoms. The zero-order valence-electron chi connectivity index (χ0n) is 12.3. The molecule has 0 saturated heterocycles. The number of aliphatic hydroxyl groups is 1. The first-order valence-corrected chi connectivity index (χ1v) is 7.62. The average molecular weight is 278 g/mol. The summed E-state index contributed by atoms with van der Waals surface area (Å²) in [5, 5.41) is 12.8. The summed E-state index contributed by atoms with van der Waals surface area (Å²) in [5.41, 5.74) is 7.75. The number of ether oxygens (including phenoxy) is 1. The molecule has 0 bridgehead atoms. The van der Waals surface area contributed by atoms with E-state index in [0.29, 0.717) is 30.7 Å². The van der Waals surface area contributed by atoms with Crippen LogP contribution in [0.15, 0.2) is 18.2 Å². The highest BCUT2D eigenvalue weighted by Crippen LogP contribution is 2.33. The second-order valence-corrected chi connectivity index (χ2v) is 5.58. The molecule has 0 spiro atoms. The molecule has 1 saturated carbocycles. The minimum atomic E-state index is 0.293. The van der Waals surface area contributed by atoms with Crippen LogP contribution in [0.25, 0.3) is 0 Å². The Hall–Kier alpha value is -1.42. The number of anilines is 2. The van der Waals surface area contributed by atoms with Crippen molar-refractivity contribution in [2.75, 3.05) is 30.8 Å². The Bertz CT molecular complexity index is 423. The number of nitrogen functional groups attached to an aromatic ring is 1. The second-order valence-electron chi connectivity index (χ2n) is 5.58. The second kappa shape index (κ2) is 7.39. The van der Waals surface area contributed by atoms with Gasteiger partial charge in [-0.15, -0.1) is 0 Å². The van der Waals surface area contributed by atoms with Crippen LogP contribution >= 0.6 is 0 Å². The lowest BCUT2D eigenvalue weighted by Gasteiger charge is -2.20. The Balaban J connectivity index is 1.95. The van der Waals surface area contributed by atoms with E-state index in [1.54, 1.807) is 0 Å². The summed E-state index contributed by atoms with van der Waals surface area (Å²) in [5.74, 6) is 1.73. The fourth-order valence-electron chi connectivity index (χ4n) is 2.90. The van der Waals surface area contributed by atoms with E-state index in [9.17, 15) is 5.11 Å². The van der Waals surface area contributed by atoms with E-state index >= 15 is 0 Å². The quantitative estimate of drug-likeness (QED) is 0.671. The summed E-state index contributed by atoms with van der Waals surface area (Å²) in [6, 6.07) is 5.85. The molecule has 0 aromatic heterocycles. The van der Waals surface area contributed by atoms with Gasteiger partial charge in [0.15, 0.2) is 0 Å². The van der Waals surface area contributed by atoms with Crippen molar-refractivity contribution in [1.82, 2.24) is 0 Å². The number of hydrogen-bond donors (Lipinski definition) is 3. The first-order valence-electron chi connectivity index (χ1n) is 7.62. The lowest BCUT2D eigenvalue weighted by atomic mass is 9.97. The standard InChI is InChI=1S/C16H26N2O2/c1-2-9-20-15-8-4-7-14(16(15)17)18-10-12-5-3-6-13(12)11-19/h4,7-8,12-13,18-19H,2-3,5-6,9-11,17H2,1H3. The molecule has 0 aliphatic heterocycles. The Labute approximate surface area is 121 Å². The van der Waals surface area contributed by atoms with Gasteiger partial charge in [-0.25, -0.2) is 0 Å². The summed E-state index contributed by atoms with van der Waals surface area (Å²) < 4.78 is 5.64. The first-order chi connectivity index (χ1) is 9.76. The molecule has 2 rings (SSSR count). The molecule has 4 nitrogen and oxygen atoms in total. The molecule has 2 atom stereocenters. The van der Waals surface area contributed by atoms with Crippen molar-refractivity contribution in [2.45, 2.75) is 32.6 Å². The van der Waals surface area contributed by atoms with Crippen LogP contribution < -0.4 is 15.8 Å². The van der Waals surface area contributed by atoms with Crippen molar-refractivity contribution in [3.8, 4) is 5.75 Å². The Kier molecular flexibility index (Phi) is 5.53. The van der Waals surface area contributed by atoms with Crippen molar-refractivity contribution >= 4 is 11.4 Å². The monoisotopic (exact) mass is 278 g/mol. The van der Waals surface area contributed by atoms with Gasteiger partial charge < -0.3 is 20.9 Å². The van der Waals surface area contributed by atoms with E-state index in [4.69, 9.17) is 10.5 Å². The Morgan fingerprint density at radius 1 is 1.35 bits per heavy atom. The molecule has 1 fully saturated rings. The molecule has 1 aromatic carbocycles. The highest BCUT2D eigenvalue weighted by Gasteiger charge is 2.26. The topological polar surface area (TPSA) is 67.5 Å². The van der Waals surface area contributed by atoms with Gasteiger partial charge in [-0.2, -0.15) is 0 Å². The summed E-state index contributed by atoms with van der Waals surface area (Å²) in [7, 11) is 0. The van der Waals surface area contributed by atoms with Crippen LogP contribution in [0, 0.1) is 11.8 Å². The van der Waals surface area contributed by atoms with Crippen molar-refractivity contribution in [1.29, 1.82) is 0 Å². The molecule has 0 amide bonds. The largest absolute Gasteiger partial charge is 0.491 e. The van der Waals surface area contributed by atoms with Crippen molar-refractivity contribution in [2.24, 2.45) is 11.8 Å². The summed E-state index contributed by atoms with van der Waals surface area (Å²) >= 11 is 0. The van der Waals surface area contributed by atoms with Gasteiger partial charge in [0.2, 0.25) is 0 Å². The van der Waals surface area contributed by atoms with Crippen LogP contribution in [0.4, 0.5) is 11.4 Å². The van der Waals surface area contributed by atoms with Gasteiger partial charge >= 0.3 is 0 Å². The summed E-state index contributed by atoms with van der Waals surface area (Å²) in [4.78, 5) is 0. The molecular formula is C16H26N2O2. The molecule has 1 aliphatic rings. The van der Waals surface area contributed by atoms with Gasteiger partial charge in [-0.3, -0.25) is 0 Å². The van der Waals surface area contributed by atoms with Gasteiger partial charge in [-0.05, 0) is 43.2 Å². The molecule has 0 heterocycles. The lowest BCUT2D eigenvalue weighted by molar-refractivity contribution is 0.199. The predicted octanol–water partition coefficient (Wildman–Crippen LogP) is 2.88. The number of rotatable bonds is 7. The third kappa shape index (κ3) is 3.57. The minimum absolute atomic E-state index is 0.293. The number of nitrogens with one attached hydrogen (secondary N) is 1. The van der Waals surface area contributed by atoms with Crippen LogP contribution in [0.5, 0.6) is 5.75 Å². The molecule has 2 unspecified atom stereocenters. The van der Waals surface area contributed by atoms with Crippen molar-refractivity contribution in [3.05, 3.63) is 18.2 Å². The first kappa shape index (κ1) is 15.0. The third-order valence-electron chi connectivity index (χ3n) is 4.13. The maximum absolute atomic E-state index is 9.36. The number of nitrogens with two attached hydrogens (primary N) is 1. The highest BCUT2D eigenvalue weighted by atomic mass is 16.5. The maximum Gasteiger partial charge on any atom is 0.144 e. The molecule has 1 aliphatic carbocycles. The van der Waals surface area contributed by atoms with Gasteiger partial charge in [0.05, 0.1) is 18.0 Å². The van der Waals surface area contributed by atoms with Gasteiger partial charge in [0, 0.05) is 13.2 Å². The molecule has 112 valence electrons. The number of aliphatic hydroxyl groups excluding tert-OH is 1. The number of para-hydroxylation sites is 1. The molecule has 4 N–H and O–H groups in total. The van der Waals surface area contributed by atoms with Crippen LogP contribution in [0.3, 0.4) is 0 Å². The molecular weight excluding hydrogens is 252 g/mol. The fourth-order valence-corrected chi connectivity index (χ4v) is 2.90. The Morgan fingerprint density at radius 2 is 2.15 bits per heavy atom. The third-order valence-corrected chi connectivity index (χ3v) is 4.13. The van der Waals surface area contributed by atoms with E-state index < -0.39 is 0 Å². The molecule has 0 radical (unpaired) electrons. The average Bonchev–Trinajstić information content (AvgIpc) is 2.92.